The van der Waals surface area contributed by atoms with Crippen LogP contribution in [-0.4, -0.2) is 40.0 Å². The Kier molecular flexibility index (Phi) is 4.77. The van der Waals surface area contributed by atoms with Crippen LogP contribution >= 0.6 is 0 Å². The van der Waals surface area contributed by atoms with E-state index >= 15 is 0 Å². The minimum Gasteiger partial charge on any atom is -0.423 e. The van der Waals surface area contributed by atoms with Gasteiger partial charge in [-0.15, -0.1) is 10.2 Å². The Bertz CT molecular complexity index is 1130. The van der Waals surface area contributed by atoms with E-state index in [0.29, 0.717) is 18.2 Å². The predicted molar refractivity (Wildman–Crippen MR) is 116 cm³/mol. The van der Waals surface area contributed by atoms with E-state index in [1.165, 1.54) is 0 Å². The predicted octanol–water partition coefficient (Wildman–Crippen LogP) is 2.63. The first-order chi connectivity index (χ1) is 14.7. The highest BCUT2D eigenvalue weighted by molar-refractivity contribution is 6.61. The molecule has 0 saturated carbocycles. The van der Waals surface area contributed by atoms with E-state index in [2.05, 4.69) is 32.1 Å². The van der Waals surface area contributed by atoms with E-state index in [4.69, 9.17) is 11.2 Å². The van der Waals surface area contributed by atoms with Crippen LogP contribution in [0.5, 0.6) is 0 Å². The maximum atomic E-state index is 9.92. The Morgan fingerprint density at radius 2 is 2.07 bits per heavy atom. The van der Waals surface area contributed by atoms with Crippen LogP contribution in [0.3, 0.4) is 0 Å². The lowest BCUT2D eigenvalue weighted by Gasteiger charge is -2.35. The SMILES string of the molecule is [C-]#[N+]c1cccc(-c2ccc3c(c2)COB3O)c1N1CCC(c2nncn2C)CC1. The van der Waals surface area contributed by atoms with Crippen molar-refractivity contribution in [3.63, 3.8) is 0 Å². The van der Waals surface area contributed by atoms with Gasteiger partial charge in [0.05, 0.1) is 13.2 Å². The van der Waals surface area contributed by atoms with Crippen LogP contribution in [0.25, 0.3) is 16.0 Å². The highest BCUT2D eigenvalue weighted by Gasteiger charge is 2.29. The lowest BCUT2D eigenvalue weighted by atomic mass is 9.78. The molecule has 150 valence electrons. The van der Waals surface area contributed by atoms with Gasteiger partial charge in [0, 0.05) is 31.7 Å². The van der Waals surface area contributed by atoms with Gasteiger partial charge < -0.3 is 19.1 Å². The third-order valence-corrected chi connectivity index (χ3v) is 6.17. The number of nitrogens with zero attached hydrogens (tertiary/aromatic N) is 5. The van der Waals surface area contributed by atoms with Crippen molar-refractivity contribution in [1.29, 1.82) is 0 Å². The van der Waals surface area contributed by atoms with E-state index in [0.717, 1.165) is 59.6 Å². The van der Waals surface area contributed by atoms with Crippen LogP contribution in [0.2, 0.25) is 0 Å². The van der Waals surface area contributed by atoms with Gasteiger partial charge >= 0.3 is 7.12 Å². The molecule has 5 rings (SSSR count). The fourth-order valence-electron chi connectivity index (χ4n) is 4.61. The summed E-state index contributed by atoms with van der Waals surface area (Å²) in [4.78, 5) is 6.14. The van der Waals surface area contributed by atoms with Gasteiger partial charge in [0.25, 0.3) is 0 Å². The topological polar surface area (TPSA) is 67.8 Å². The molecule has 3 heterocycles. The van der Waals surface area contributed by atoms with Crippen LogP contribution in [-0.2, 0) is 18.3 Å². The molecule has 0 spiro atoms. The summed E-state index contributed by atoms with van der Waals surface area (Å²) in [5.74, 6) is 1.42. The monoisotopic (exact) mass is 399 g/mol. The Hall–Kier alpha value is -3.15. The van der Waals surface area contributed by atoms with E-state index in [1.807, 2.05) is 35.9 Å². The molecule has 1 aromatic heterocycles. The molecular formula is C22H22BN5O2. The minimum absolute atomic E-state index is 0.385. The molecule has 3 aromatic rings. The molecule has 2 aliphatic heterocycles. The number of aryl methyl sites for hydroxylation is 1. The van der Waals surface area contributed by atoms with Crippen LogP contribution in [0.1, 0.15) is 30.1 Å². The maximum absolute atomic E-state index is 9.92. The summed E-state index contributed by atoms with van der Waals surface area (Å²) in [6.07, 6.45) is 3.70. The molecule has 2 aromatic carbocycles. The average molecular weight is 399 g/mol. The number of piperidine rings is 1. The molecule has 30 heavy (non-hydrogen) atoms. The van der Waals surface area contributed by atoms with Gasteiger partial charge in [0.1, 0.15) is 12.2 Å². The summed E-state index contributed by atoms with van der Waals surface area (Å²) in [6.45, 7) is 9.85. The van der Waals surface area contributed by atoms with Crippen molar-refractivity contribution in [2.75, 3.05) is 18.0 Å². The molecule has 0 radical (unpaired) electrons. The average Bonchev–Trinajstić information content (AvgIpc) is 3.38. The number of benzene rings is 2. The molecule has 1 saturated heterocycles. The van der Waals surface area contributed by atoms with Crippen LogP contribution in [0, 0.1) is 6.57 Å². The summed E-state index contributed by atoms with van der Waals surface area (Å²) >= 11 is 0. The van der Waals surface area contributed by atoms with E-state index in [1.54, 1.807) is 6.33 Å². The van der Waals surface area contributed by atoms with Crippen molar-refractivity contribution in [3.8, 4) is 11.1 Å². The highest BCUT2D eigenvalue weighted by Crippen LogP contribution is 2.41. The second kappa shape index (κ2) is 7.60. The van der Waals surface area contributed by atoms with Gasteiger partial charge in [0.2, 0.25) is 5.69 Å². The Morgan fingerprint density at radius 3 is 2.80 bits per heavy atom. The molecule has 0 atom stereocenters. The van der Waals surface area contributed by atoms with Crippen molar-refractivity contribution < 1.29 is 9.68 Å². The Labute approximate surface area is 175 Å². The molecule has 0 aliphatic carbocycles. The lowest BCUT2D eigenvalue weighted by Crippen LogP contribution is -2.34. The van der Waals surface area contributed by atoms with E-state index in [9.17, 15) is 5.02 Å². The molecule has 0 unspecified atom stereocenters. The number of hydrogen-bond donors (Lipinski definition) is 1. The van der Waals surface area contributed by atoms with Gasteiger partial charge in [-0.3, -0.25) is 0 Å². The number of aromatic nitrogens is 3. The summed E-state index contributed by atoms with van der Waals surface area (Å²) in [6, 6.07) is 11.9. The first kappa shape index (κ1) is 18.9. The summed E-state index contributed by atoms with van der Waals surface area (Å²) in [5, 5.41) is 18.2. The largest absolute Gasteiger partial charge is 0.491 e. The number of rotatable bonds is 3. The first-order valence-corrected chi connectivity index (χ1v) is 10.2. The van der Waals surface area contributed by atoms with Gasteiger partial charge in [-0.1, -0.05) is 30.3 Å². The number of fused-ring (bicyclic) bond motifs is 1. The van der Waals surface area contributed by atoms with E-state index in [-0.39, 0.29) is 0 Å². The zero-order valence-corrected chi connectivity index (χ0v) is 16.8. The highest BCUT2D eigenvalue weighted by atomic mass is 16.5. The second-order valence-electron chi connectivity index (χ2n) is 7.92. The zero-order chi connectivity index (χ0) is 20.7. The summed E-state index contributed by atoms with van der Waals surface area (Å²) in [5.41, 5.74) is 5.57. The number of para-hydroxylation sites is 1. The van der Waals surface area contributed by atoms with Crippen molar-refractivity contribution >= 4 is 24.0 Å². The Balaban J connectivity index is 1.47. The normalized spacial score (nSPS) is 16.6. The summed E-state index contributed by atoms with van der Waals surface area (Å²) in [7, 11) is 1.14. The van der Waals surface area contributed by atoms with Gasteiger partial charge in [-0.05, 0) is 41.1 Å². The second-order valence-corrected chi connectivity index (χ2v) is 7.92. The lowest BCUT2D eigenvalue weighted by molar-refractivity contribution is 0.275. The molecular weight excluding hydrogens is 377 g/mol. The third kappa shape index (κ3) is 3.16. The zero-order valence-electron chi connectivity index (χ0n) is 16.8. The maximum Gasteiger partial charge on any atom is 0.491 e. The third-order valence-electron chi connectivity index (χ3n) is 6.17. The van der Waals surface area contributed by atoms with Gasteiger partial charge in [-0.2, -0.15) is 0 Å². The quantitative estimate of drug-likeness (QED) is 0.542. The van der Waals surface area contributed by atoms with Crippen LogP contribution in [0.4, 0.5) is 11.4 Å². The van der Waals surface area contributed by atoms with Crippen molar-refractivity contribution in [2.45, 2.75) is 25.4 Å². The molecule has 2 aliphatic rings. The van der Waals surface area contributed by atoms with Crippen molar-refractivity contribution in [3.05, 3.63) is 65.5 Å². The molecule has 0 amide bonds. The van der Waals surface area contributed by atoms with Gasteiger partial charge in [-0.25, -0.2) is 4.85 Å². The van der Waals surface area contributed by atoms with Crippen LogP contribution in [0.15, 0.2) is 42.7 Å². The number of hydrogen-bond acceptors (Lipinski definition) is 5. The first-order valence-electron chi connectivity index (χ1n) is 10.2. The smallest absolute Gasteiger partial charge is 0.423 e. The fourth-order valence-corrected chi connectivity index (χ4v) is 4.61. The fraction of sp³-hybridized carbons (Fsp3) is 0.318. The number of anilines is 1. The van der Waals surface area contributed by atoms with Crippen molar-refractivity contribution in [2.24, 2.45) is 7.05 Å². The summed E-state index contributed by atoms with van der Waals surface area (Å²) < 4.78 is 7.35. The van der Waals surface area contributed by atoms with Crippen molar-refractivity contribution in [1.82, 2.24) is 14.8 Å². The molecule has 8 heteroatoms. The molecule has 7 nitrogen and oxygen atoms in total. The Morgan fingerprint density at radius 1 is 1.23 bits per heavy atom. The molecule has 1 N–H and O–H groups in total. The standard InChI is InChI=1S/C22H22BN5O2/c1-24-20-5-3-4-18(16-6-7-19-17(12-16)13-30-23(19)29)21(20)28-10-8-15(9-11-28)22-26-25-14-27(22)2/h3-7,12,14-15,29H,8-11,13H2,2H3. The van der Waals surface area contributed by atoms with Crippen LogP contribution < -0.4 is 10.4 Å². The van der Waals surface area contributed by atoms with E-state index < -0.39 is 7.12 Å². The van der Waals surface area contributed by atoms with Gasteiger partial charge in [0.15, 0.2) is 0 Å². The molecule has 0 bridgehead atoms. The minimum atomic E-state index is -0.845. The molecule has 1 fully saturated rings.